The quantitative estimate of drug-likeness (QED) is 0.699. The van der Waals surface area contributed by atoms with Gasteiger partial charge >= 0.3 is 0 Å². The molecule has 72 valence electrons. The fourth-order valence-electron chi connectivity index (χ4n) is 1.98. The van der Waals surface area contributed by atoms with Gasteiger partial charge in [0.15, 0.2) is 0 Å². The van der Waals surface area contributed by atoms with E-state index in [2.05, 4.69) is 26.1 Å². The summed E-state index contributed by atoms with van der Waals surface area (Å²) in [5.41, 5.74) is 0. The highest BCUT2D eigenvalue weighted by Gasteiger charge is 2.23. The van der Waals surface area contributed by atoms with Gasteiger partial charge in [-0.05, 0) is 39.2 Å². The van der Waals surface area contributed by atoms with E-state index in [0.717, 1.165) is 19.1 Å². The number of hydrogen-bond acceptors (Lipinski definition) is 2. The van der Waals surface area contributed by atoms with Crippen molar-refractivity contribution in [3.63, 3.8) is 0 Å². The minimum Gasteiger partial charge on any atom is -0.378 e. The summed E-state index contributed by atoms with van der Waals surface area (Å²) in [7, 11) is 0. The molecule has 0 aromatic carbocycles. The van der Waals surface area contributed by atoms with Crippen LogP contribution in [0.2, 0.25) is 0 Å². The molecule has 0 aliphatic carbocycles. The van der Waals surface area contributed by atoms with Crippen LogP contribution >= 0.6 is 0 Å². The normalized spacial score (nSPS) is 33.2. The van der Waals surface area contributed by atoms with E-state index in [1.165, 1.54) is 12.8 Å². The second kappa shape index (κ2) is 4.83. The minimum atomic E-state index is 0.463. The second-order valence-corrected chi connectivity index (χ2v) is 3.81. The van der Waals surface area contributed by atoms with Gasteiger partial charge in [-0.1, -0.05) is 6.92 Å². The first kappa shape index (κ1) is 10.0. The molecule has 1 aliphatic heterocycles. The maximum atomic E-state index is 5.51. The van der Waals surface area contributed by atoms with Crippen molar-refractivity contribution in [2.75, 3.05) is 13.2 Å². The fourth-order valence-corrected chi connectivity index (χ4v) is 1.98. The smallest absolute Gasteiger partial charge is 0.0550 e. The Morgan fingerprint density at radius 1 is 1.58 bits per heavy atom. The number of ether oxygens (including phenoxy) is 1. The van der Waals surface area contributed by atoms with E-state index in [1.54, 1.807) is 0 Å². The van der Waals surface area contributed by atoms with Crippen molar-refractivity contribution >= 4 is 0 Å². The molecule has 0 bridgehead atoms. The lowest BCUT2D eigenvalue weighted by atomic mass is 9.90. The standard InChI is InChI=1S/C10H21NO/c1-4-11-9(3)10-5-6-12-8(2)7-10/h8-11H,4-7H2,1-3H3. The Bertz CT molecular complexity index is 127. The van der Waals surface area contributed by atoms with Crippen molar-refractivity contribution in [2.24, 2.45) is 5.92 Å². The van der Waals surface area contributed by atoms with Gasteiger partial charge < -0.3 is 10.1 Å². The van der Waals surface area contributed by atoms with Crippen LogP contribution in [-0.2, 0) is 4.74 Å². The van der Waals surface area contributed by atoms with Crippen LogP contribution in [0.5, 0.6) is 0 Å². The Morgan fingerprint density at radius 3 is 2.92 bits per heavy atom. The molecule has 0 aromatic rings. The monoisotopic (exact) mass is 171 g/mol. The summed E-state index contributed by atoms with van der Waals surface area (Å²) in [4.78, 5) is 0. The molecule has 2 heteroatoms. The lowest BCUT2D eigenvalue weighted by Crippen LogP contribution is -2.38. The largest absolute Gasteiger partial charge is 0.378 e. The zero-order valence-electron chi connectivity index (χ0n) is 8.47. The molecule has 0 spiro atoms. The van der Waals surface area contributed by atoms with Crippen LogP contribution < -0.4 is 5.32 Å². The predicted octanol–water partition coefficient (Wildman–Crippen LogP) is 1.80. The third-order valence-electron chi connectivity index (χ3n) is 2.76. The fraction of sp³-hybridized carbons (Fsp3) is 1.00. The molecule has 3 atom stereocenters. The second-order valence-electron chi connectivity index (χ2n) is 3.81. The molecule has 1 rings (SSSR count). The van der Waals surface area contributed by atoms with Crippen molar-refractivity contribution in [1.82, 2.24) is 5.32 Å². The molecule has 1 fully saturated rings. The van der Waals surface area contributed by atoms with Crippen molar-refractivity contribution in [3.05, 3.63) is 0 Å². The lowest BCUT2D eigenvalue weighted by molar-refractivity contribution is -0.00460. The van der Waals surface area contributed by atoms with Gasteiger partial charge in [-0.3, -0.25) is 0 Å². The molecule has 0 saturated carbocycles. The summed E-state index contributed by atoms with van der Waals surface area (Å²) >= 11 is 0. The SMILES string of the molecule is CCNC(C)C1CCOC(C)C1. The number of rotatable bonds is 3. The van der Waals surface area contributed by atoms with Crippen LogP contribution in [0.25, 0.3) is 0 Å². The van der Waals surface area contributed by atoms with Crippen LogP contribution in [-0.4, -0.2) is 25.3 Å². The molecule has 0 radical (unpaired) electrons. The van der Waals surface area contributed by atoms with E-state index < -0.39 is 0 Å². The summed E-state index contributed by atoms with van der Waals surface area (Å²) in [6.07, 6.45) is 2.90. The number of hydrogen-bond donors (Lipinski definition) is 1. The minimum absolute atomic E-state index is 0.463. The Hall–Kier alpha value is -0.0800. The molecule has 1 heterocycles. The van der Waals surface area contributed by atoms with Crippen molar-refractivity contribution in [3.8, 4) is 0 Å². The van der Waals surface area contributed by atoms with Gasteiger partial charge in [0.05, 0.1) is 6.10 Å². The van der Waals surface area contributed by atoms with E-state index in [4.69, 9.17) is 4.74 Å². The van der Waals surface area contributed by atoms with Crippen LogP contribution in [0.4, 0.5) is 0 Å². The summed E-state index contributed by atoms with van der Waals surface area (Å²) in [6.45, 7) is 8.64. The van der Waals surface area contributed by atoms with Crippen LogP contribution in [0.1, 0.15) is 33.6 Å². The lowest BCUT2D eigenvalue weighted by Gasteiger charge is -2.31. The van der Waals surface area contributed by atoms with Gasteiger partial charge in [-0.15, -0.1) is 0 Å². The van der Waals surface area contributed by atoms with Gasteiger partial charge in [0.1, 0.15) is 0 Å². The van der Waals surface area contributed by atoms with Gasteiger partial charge in [0.25, 0.3) is 0 Å². The highest BCUT2D eigenvalue weighted by Crippen LogP contribution is 2.22. The molecule has 0 amide bonds. The molecule has 0 aromatic heterocycles. The van der Waals surface area contributed by atoms with E-state index in [0.29, 0.717) is 12.1 Å². The Labute approximate surface area is 75.7 Å². The van der Waals surface area contributed by atoms with Crippen LogP contribution in [0, 0.1) is 5.92 Å². The van der Waals surface area contributed by atoms with Crippen LogP contribution in [0.3, 0.4) is 0 Å². The number of nitrogens with one attached hydrogen (secondary N) is 1. The van der Waals surface area contributed by atoms with Gasteiger partial charge in [-0.2, -0.15) is 0 Å². The van der Waals surface area contributed by atoms with Crippen molar-refractivity contribution in [1.29, 1.82) is 0 Å². The zero-order valence-corrected chi connectivity index (χ0v) is 8.47. The molecule has 1 N–H and O–H groups in total. The van der Waals surface area contributed by atoms with Gasteiger partial charge in [0.2, 0.25) is 0 Å². The summed E-state index contributed by atoms with van der Waals surface area (Å²) in [5, 5.41) is 3.48. The van der Waals surface area contributed by atoms with E-state index in [1.807, 2.05) is 0 Å². The average Bonchev–Trinajstić information content (AvgIpc) is 2.05. The van der Waals surface area contributed by atoms with Crippen molar-refractivity contribution in [2.45, 2.75) is 45.8 Å². The maximum Gasteiger partial charge on any atom is 0.0550 e. The molecule has 3 unspecified atom stereocenters. The van der Waals surface area contributed by atoms with E-state index in [9.17, 15) is 0 Å². The summed E-state index contributed by atoms with van der Waals surface area (Å²) < 4.78 is 5.51. The van der Waals surface area contributed by atoms with E-state index >= 15 is 0 Å². The van der Waals surface area contributed by atoms with Crippen molar-refractivity contribution < 1.29 is 4.74 Å². The summed E-state index contributed by atoms with van der Waals surface area (Å²) in [6, 6.07) is 0.654. The molecular formula is C10H21NO. The highest BCUT2D eigenvalue weighted by molar-refractivity contribution is 4.77. The van der Waals surface area contributed by atoms with Crippen LogP contribution in [0.15, 0.2) is 0 Å². The Morgan fingerprint density at radius 2 is 2.33 bits per heavy atom. The van der Waals surface area contributed by atoms with E-state index in [-0.39, 0.29) is 0 Å². The molecule has 1 saturated heterocycles. The topological polar surface area (TPSA) is 21.3 Å². The average molecular weight is 171 g/mol. The molecule has 1 aliphatic rings. The Kier molecular flexibility index (Phi) is 4.02. The summed E-state index contributed by atoms with van der Waals surface area (Å²) in [5.74, 6) is 0.814. The first-order valence-corrected chi connectivity index (χ1v) is 5.09. The third-order valence-corrected chi connectivity index (χ3v) is 2.76. The predicted molar refractivity (Wildman–Crippen MR) is 51.3 cm³/mol. The molecule has 2 nitrogen and oxygen atoms in total. The molecule has 12 heavy (non-hydrogen) atoms. The zero-order chi connectivity index (χ0) is 8.97. The first-order valence-electron chi connectivity index (χ1n) is 5.09. The molecular weight excluding hydrogens is 150 g/mol. The van der Waals surface area contributed by atoms with Gasteiger partial charge in [-0.25, -0.2) is 0 Å². The third kappa shape index (κ3) is 2.76. The van der Waals surface area contributed by atoms with Gasteiger partial charge in [0, 0.05) is 12.6 Å². The highest BCUT2D eigenvalue weighted by atomic mass is 16.5. The Balaban J connectivity index is 2.29. The first-order chi connectivity index (χ1) is 5.74. The maximum absolute atomic E-state index is 5.51.